The fourth-order valence-corrected chi connectivity index (χ4v) is 4.91. The zero-order chi connectivity index (χ0) is 14.7. The first-order valence-electron chi connectivity index (χ1n) is 7.81. The molecular weight excluding hydrogens is 282 g/mol. The Morgan fingerprint density at radius 3 is 3.19 bits per heavy atom. The van der Waals surface area contributed by atoms with Crippen molar-refractivity contribution < 1.29 is 9.47 Å². The van der Waals surface area contributed by atoms with Gasteiger partial charge < -0.3 is 15.2 Å². The van der Waals surface area contributed by atoms with E-state index in [0.717, 1.165) is 37.4 Å². The van der Waals surface area contributed by atoms with E-state index in [4.69, 9.17) is 15.2 Å². The van der Waals surface area contributed by atoms with Crippen LogP contribution in [0.5, 0.6) is 5.75 Å². The Balaban J connectivity index is 1.63. The minimum absolute atomic E-state index is 0.125. The van der Waals surface area contributed by atoms with Crippen molar-refractivity contribution in [1.29, 1.82) is 0 Å². The lowest BCUT2D eigenvalue weighted by atomic mass is 9.80. The average molecular weight is 307 g/mol. The van der Waals surface area contributed by atoms with E-state index < -0.39 is 0 Å². The molecule has 2 aliphatic rings. The van der Waals surface area contributed by atoms with E-state index in [1.54, 1.807) is 7.11 Å². The van der Waals surface area contributed by atoms with Gasteiger partial charge in [0.25, 0.3) is 0 Å². The van der Waals surface area contributed by atoms with Gasteiger partial charge in [0.05, 0.1) is 12.7 Å². The molecule has 4 heteroatoms. The summed E-state index contributed by atoms with van der Waals surface area (Å²) in [4.78, 5) is 0. The molecule has 2 saturated heterocycles. The molecule has 21 heavy (non-hydrogen) atoms. The van der Waals surface area contributed by atoms with Gasteiger partial charge in [0, 0.05) is 18.4 Å². The molecular formula is C17H25NO2S. The maximum Gasteiger partial charge on any atom is 0.119 e. The Morgan fingerprint density at radius 2 is 2.43 bits per heavy atom. The lowest BCUT2D eigenvalue weighted by molar-refractivity contribution is -0.0831. The monoisotopic (exact) mass is 307 g/mol. The molecule has 0 saturated carbocycles. The molecule has 0 aliphatic carbocycles. The van der Waals surface area contributed by atoms with E-state index in [9.17, 15) is 0 Å². The van der Waals surface area contributed by atoms with Gasteiger partial charge >= 0.3 is 0 Å². The van der Waals surface area contributed by atoms with Gasteiger partial charge in [-0.1, -0.05) is 12.1 Å². The highest BCUT2D eigenvalue weighted by molar-refractivity contribution is 7.99. The summed E-state index contributed by atoms with van der Waals surface area (Å²) in [6.45, 7) is 0.872. The molecule has 1 spiro atoms. The Kier molecular flexibility index (Phi) is 4.77. The smallest absolute Gasteiger partial charge is 0.119 e. The normalized spacial score (nSPS) is 30.5. The van der Waals surface area contributed by atoms with Gasteiger partial charge in [-0.15, -0.1) is 0 Å². The fourth-order valence-electron chi connectivity index (χ4n) is 3.53. The predicted octanol–water partition coefficient (Wildman–Crippen LogP) is 2.87. The third kappa shape index (κ3) is 3.55. The summed E-state index contributed by atoms with van der Waals surface area (Å²) < 4.78 is 11.4. The van der Waals surface area contributed by atoms with Gasteiger partial charge in [0.1, 0.15) is 5.75 Å². The van der Waals surface area contributed by atoms with E-state index in [1.807, 2.05) is 23.9 Å². The molecule has 2 fully saturated rings. The Labute approximate surface area is 131 Å². The minimum atomic E-state index is 0.125. The molecule has 3 atom stereocenters. The number of rotatable bonds is 4. The third-order valence-electron chi connectivity index (χ3n) is 4.81. The lowest BCUT2D eigenvalue weighted by Gasteiger charge is -2.40. The zero-order valence-electron chi connectivity index (χ0n) is 12.7. The Bertz CT molecular complexity index is 474. The summed E-state index contributed by atoms with van der Waals surface area (Å²) in [7, 11) is 1.71. The molecule has 3 rings (SSSR count). The number of benzene rings is 1. The van der Waals surface area contributed by atoms with Crippen LogP contribution in [-0.4, -0.2) is 36.9 Å². The summed E-state index contributed by atoms with van der Waals surface area (Å²) in [6.07, 6.45) is 4.34. The quantitative estimate of drug-likeness (QED) is 0.929. The van der Waals surface area contributed by atoms with Crippen LogP contribution in [-0.2, 0) is 11.2 Å². The van der Waals surface area contributed by atoms with Crippen LogP contribution in [0.3, 0.4) is 0 Å². The van der Waals surface area contributed by atoms with E-state index in [-0.39, 0.29) is 11.6 Å². The molecule has 116 valence electrons. The number of thioether (sulfide) groups is 1. The van der Waals surface area contributed by atoms with Crippen molar-refractivity contribution in [2.45, 2.75) is 37.3 Å². The van der Waals surface area contributed by atoms with Crippen molar-refractivity contribution in [3.8, 4) is 5.75 Å². The van der Waals surface area contributed by atoms with Crippen LogP contribution in [0, 0.1) is 5.92 Å². The fraction of sp³-hybridized carbons (Fsp3) is 0.647. The molecule has 2 heterocycles. The molecule has 0 bridgehead atoms. The van der Waals surface area contributed by atoms with Crippen molar-refractivity contribution in [2.24, 2.45) is 11.7 Å². The maximum absolute atomic E-state index is 6.52. The van der Waals surface area contributed by atoms with E-state index in [0.29, 0.717) is 5.92 Å². The van der Waals surface area contributed by atoms with Crippen LogP contribution < -0.4 is 10.5 Å². The molecule has 0 aromatic heterocycles. The zero-order valence-corrected chi connectivity index (χ0v) is 13.5. The SMILES string of the molecule is COc1cccc(CC(N)C2CCOC3(CCSC3)C2)c1. The summed E-state index contributed by atoms with van der Waals surface area (Å²) in [5.74, 6) is 3.87. The van der Waals surface area contributed by atoms with E-state index in [1.165, 1.54) is 17.7 Å². The van der Waals surface area contributed by atoms with Gasteiger partial charge in [-0.2, -0.15) is 11.8 Å². The van der Waals surface area contributed by atoms with Crippen LogP contribution in [0.4, 0.5) is 0 Å². The number of ether oxygens (including phenoxy) is 2. The Hall–Kier alpha value is -0.710. The number of hydrogen-bond acceptors (Lipinski definition) is 4. The van der Waals surface area contributed by atoms with Crippen LogP contribution in [0.15, 0.2) is 24.3 Å². The highest BCUT2D eigenvalue weighted by Crippen LogP contribution is 2.41. The Morgan fingerprint density at radius 1 is 1.52 bits per heavy atom. The first-order chi connectivity index (χ1) is 10.2. The highest BCUT2D eigenvalue weighted by Gasteiger charge is 2.41. The minimum Gasteiger partial charge on any atom is -0.497 e. The van der Waals surface area contributed by atoms with Gasteiger partial charge in [-0.25, -0.2) is 0 Å². The molecule has 0 radical (unpaired) electrons. The second kappa shape index (κ2) is 6.59. The van der Waals surface area contributed by atoms with Crippen LogP contribution in [0.25, 0.3) is 0 Å². The maximum atomic E-state index is 6.52. The number of nitrogens with two attached hydrogens (primary N) is 1. The van der Waals surface area contributed by atoms with Gasteiger partial charge in [-0.05, 0) is 55.1 Å². The van der Waals surface area contributed by atoms with Crippen molar-refractivity contribution >= 4 is 11.8 Å². The van der Waals surface area contributed by atoms with Crippen LogP contribution in [0.1, 0.15) is 24.8 Å². The highest BCUT2D eigenvalue weighted by atomic mass is 32.2. The van der Waals surface area contributed by atoms with E-state index in [2.05, 4.69) is 12.1 Å². The summed E-state index contributed by atoms with van der Waals surface area (Å²) >= 11 is 2.02. The molecule has 0 amide bonds. The lowest BCUT2D eigenvalue weighted by Crippen LogP contribution is -2.46. The average Bonchev–Trinajstić information content (AvgIpc) is 2.95. The van der Waals surface area contributed by atoms with Gasteiger partial charge in [-0.3, -0.25) is 0 Å². The van der Waals surface area contributed by atoms with Crippen molar-refractivity contribution in [3.63, 3.8) is 0 Å². The molecule has 3 nitrogen and oxygen atoms in total. The molecule has 2 aliphatic heterocycles. The molecule has 1 aromatic rings. The second-order valence-corrected chi connectivity index (χ2v) is 7.41. The predicted molar refractivity (Wildman–Crippen MR) is 88.0 cm³/mol. The standard InChI is InChI=1S/C17H25NO2S/c1-19-15-4-2-3-13(9-15)10-16(18)14-5-7-20-17(11-14)6-8-21-12-17/h2-4,9,14,16H,5-8,10-12,18H2,1H3. The number of methoxy groups -OCH3 is 1. The topological polar surface area (TPSA) is 44.5 Å². The number of hydrogen-bond donors (Lipinski definition) is 1. The molecule has 3 unspecified atom stereocenters. The van der Waals surface area contributed by atoms with Crippen molar-refractivity contribution in [1.82, 2.24) is 0 Å². The molecule has 1 aromatic carbocycles. The van der Waals surface area contributed by atoms with E-state index >= 15 is 0 Å². The van der Waals surface area contributed by atoms with Crippen molar-refractivity contribution in [2.75, 3.05) is 25.2 Å². The van der Waals surface area contributed by atoms with Crippen LogP contribution in [0.2, 0.25) is 0 Å². The largest absolute Gasteiger partial charge is 0.497 e. The third-order valence-corrected chi connectivity index (χ3v) is 6.03. The summed E-state index contributed by atoms with van der Waals surface area (Å²) in [5.41, 5.74) is 7.91. The summed E-state index contributed by atoms with van der Waals surface area (Å²) in [6, 6.07) is 8.47. The van der Waals surface area contributed by atoms with Crippen molar-refractivity contribution in [3.05, 3.63) is 29.8 Å². The second-order valence-electron chi connectivity index (χ2n) is 6.31. The van der Waals surface area contributed by atoms with Gasteiger partial charge in [0.2, 0.25) is 0 Å². The van der Waals surface area contributed by atoms with Crippen LogP contribution >= 0.6 is 11.8 Å². The molecule has 2 N–H and O–H groups in total. The van der Waals surface area contributed by atoms with Gasteiger partial charge in [0.15, 0.2) is 0 Å². The first kappa shape index (κ1) is 15.2. The first-order valence-corrected chi connectivity index (χ1v) is 8.96. The summed E-state index contributed by atoms with van der Waals surface area (Å²) in [5, 5.41) is 0.